The molecular weight excluding hydrogens is 342 g/mol. The Bertz CT molecular complexity index is 509. The molecule has 5 atom stereocenters. The van der Waals surface area contributed by atoms with Gasteiger partial charge in [0.05, 0.1) is 6.10 Å². The van der Waals surface area contributed by atoms with E-state index >= 15 is 0 Å². The molecule has 2 saturated heterocycles. The summed E-state index contributed by atoms with van der Waals surface area (Å²) in [5.74, 6) is 0.316. The predicted octanol–water partition coefficient (Wildman–Crippen LogP) is 4.19. The molecule has 1 spiro atoms. The molecule has 1 aromatic carbocycles. The molecule has 2 aliphatic rings. The molecule has 2 heterocycles. The first-order valence-electron chi connectivity index (χ1n) is 8.19. The normalized spacial score (nSPS) is 39.2. The summed E-state index contributed by atoms with van der Waals surface area (Å²) >= 11 is 3.58. The van der Waals surface area contributed by atoms with Gasteiger partial charge in [0.1, 0.15) is 6.10 Å². The third-order valence-electron chi connectivity index (χ3n) is 5.26. The highest BCUT2D eigenvalue weighted by Crippen LogP contribution is 2.52. The summed E-state index contributed by atoms with van der Waals surface area (Å²) in [7, 11) is 2.14. The molecule has 22 heavy (non-hydrogen) atoms. The van der Waals surface area contributed by atoms with E-state index in [9.17, 15) is 0 Å². The zero-order chi connectivity index (χ0) is 15.9. The number of halogens is 1. The SMILES string of the molecule is CC(C)[C@@H]1C[C@H](CBr)O[C@@]12O[C@@H](c1ccccc1)[C@@H](C)N2C. The fourth-order valence-corrected chi connectivity index (χ4v) is 4.29. The maximum Gasteiger partial charge on any atom is 0.234 e. The van der Waals surface area contributed by atoms with E-state index in [4.69, 9.17) is 9.47 Å². The van der Waals surface area contributed by atoms with Crippen LogP contribution in [0.5, 0.6) is 0 Å². The zero-order valence-electron chi connectivity index (χ0n) is 13.8. The quantitative estimate of drug-likeness (QED) is 0.747. The molecule has 0 saturated carbocycles. The van der Waals surface area contributed by atoms with Crippen molar-refractivity contribution in [2.75, 3.05) is 12.4 Å². The molecule has 0 N–H and O–H groups in total. The molecule has 2 aliphatic heterocycles. The lowest BCUT2D eigenvalue weighted by molar-refractivity contribution is -0.292. The van der Waals surface area contributed by atoms with Gasteiger partial charge in [-0.25, -0.2) is 4.90 Å². The lowest BCUT2D eigenvalue weighted by atomic mass is 9.89. The van der Waals surface area contributed by atoms with Gasteiger partial charge >= 0.3 is 0 Å². The number of rotatable bonds is 3. The van der Waals surface area contributed by atoms with Crippen molar-refractivity contribution >= 4 is 15.9 Å². The molecular formula is C18H26BrNO2. The Labute approximate surface area is 142 Å². The van der Waals surface area contributed by atoms with Crippen molar-refractivity contribution in [2.45, 2.75) is 51.4 Å². The minimum Gasteiger partial charge on any atom is -0.333 e. The van der Waals surface area contributed by atoms with Gasteiger partial charge in [-0.3, -0.25) is 0 Å². The lowest BCUT2D eigenvalue weighted by Crippen LogP contribution is -2.51. The molecule has 0 aromatic heterocycles. The average molecular weight is 368 g/mol. The molecule has 4 heteroatoms. The first kappa shape index (κ1) is 16.4. The number of ether oxygens (including phenoxy) is 2. The van der Waals surface area contributed by atoms with Crippen LogP contribution in [0.1, 0.15) is 38.9 Å². The first-order valence-corrected chi connectivity index (χ1v) is 9.31. The van der Waals surface area contributed by atoms with E-state index in [1.807, 2.05) is 6.07 Å². The minimum absolute atomic E-state index is 0.0570. The van der Waals surface area contributed by atoms with Gasteiger partial charge in [0.25, 0.3) is 0 Å². The maximum atomic E-state index is 6.61. The Morgan fingerprint density at radius 1 is 1.27 bits per heavy atom. The van der Waals surface area contributed by atoms with E-state index in [1.165, 1.54) is 5.56 Å². The number of hydrogen-bond donors (Lipinski definition) is 0. The van der Waals surface area contributed by atoms with E-state index in [0.29, 0.717) is 11.8 Å². The Morgan fingerprint density at radius 3 is 2.55 bits per heavy atom. The molecule has 0 amide bonds. The van der Waals surface area contributed by atoms with Crippen LogP contribution in [0.3, 0.4) is 0 Å². The molecule has 3 rings (SSSR count). The van der Waals surface area contributed by atoms with Crippen molar-refractivity contribution in [3.05, 3.63) is 35.9 Å². The third kappa shape index (κ3) is 2.54. The topological polar surface area (TPSA) is 21.7 Å². The van der Waals surface area contributed by atoms with Crippen molar-refractivity contribution < 1.29 is 9.47 Å². The van der Waals surface area contributed by atoms with Gasteiger partial charge in [0, 0.05) is 17.3 Å². The molecule has 0 unspecified atom stereocenters. The minimum atomic E-state index is -0.591. The highest BCUT2D eigenvalue weighted by Gasteiger charge is 2.60. The molecule has 1 aromatic rings. The average Bonchev–Trinajstić information content (AvgIpc) is 3.02. The second-order valence-electron chi connectivity index (χ2n) is 6.91. The van der Waals surface area contributed by atoms with Crippen LogP contribution in [0.15, 0.2) is 30.3 Å². The van der Waals surface area contributed by atoms with Gasteiger partial charge in [-0.05, 0) is 31.9 Å². The molecule has 0 aliphatic carbocycles. The second kappa shape index (κ2) is 6.23. The van der Waals surface area contributed by atoms with Crippen LogP contribution in [0, 0.1) is 11.8 Å². The molecule has 0 bridgehead atoms. The number of hydrogen-bond acceptors (Lipinski definition) is 3. The fourth-order valence-electron chi connectivity index (χ4n) is 3.89. The number of likely N-dealkylation sites (N-methyl/N-ethyl adjacent to an activating group) is 1. The van der Waals surface area contributed by atoms with Crippen molar-refractivity contribution in [3.63, 3.8) is 0 Å². The van der Waals surface area contributed by atoms with Gasteiger partial charge < -0.3 is 9.47 Å². The second-order valence-corrected chi connectivity index (χ2v) is 7.56. The predicted molar refractivity (Wildman–Crippen MR) is 91.8 cm³/mol. The fraction of sp³-hybridized carbons (Fsp3) is 0.667. The van der Waals surface area contributed by atoms with Gasteiger partial charge in [-0.15, -0.1) is 0 Å². The van der Waals surface area contributed by atoms with Crippen molar-refractivity contribution in [2.24, 2.45) is 11.8 Å². The summed E-state index contributed by atoms with van der Waals surface area (Å²) in [6.07, 6.45) is 1.32. The number of benzene rings is 1. The summed E-state index contributed by atoms with van der Waals surface area (Å²) in [5, 5.41) is 0.861. The van der Waals surface area contributed by atoms with E-state index in [1.54, 1.807) is 0 Å². The van der Waals surface area contributed by atoms with Crippen LogP contribution >= 0.6 is 15.9 Å². The zero-order valence-corrected chi connectivity index (χ0v) is 15.4. The molecule has 2 fully saturated rings. The Kier molecular flexibility index (Phi) is 4.66. The number of alkyl halides is 1. The largest absolute Gasteiger partial charge is 0.333 e. The van der Waals surface area contributed by atoms with Gasteiger partial charge in [0.15, 0.2) is 0 Å². The highest BCUT2D eigenvalue weighted by molar-refractivity contribution is 9.09. The van der Waals surface area contributed by atoms with Gasteiger partial charge in [-0.2, -0.15) is 0 Å². The van der Waals surface area contributed by atoms with Crippen LogP contribution in [0.2, 0.25) is 0 Å². The molecule has 3 nitrogen and oxygen atoms in total. The smallest absolute Gasteiger partial charge is 0.234 e. The standard InChI is InChI=1S/C18H26BrNO2/c1-12(2)16-10-15(11-19)21-18(16)20(4)13(3)17(22-18)14-8-6-5-7-9-14/h5-9,12-13,15-17H,10-11H2,1-4H3/t13-,15-,16+,17-,18-/m1/s1. The third-order valence-corrected chi connectivity index (χ3v) is 5.98. The summed E-state index contributed by atoms with van der Waals surface area (Å²) < 4.78 is 13.0. The maximum absolute atomic E-state index is 6.61. The van der Waals surface area contributed by atoms with Gasteiger partial charge in [0.2, 0.25) is 5.91 Å². The van der Waals surface area contributed by atoms with Crippen LogP contribution in [0.4, 0.5) is 0 Å². The Hall–Kier alpha value is -0.420. The van der Waals surface area contributed by atoms with Crippen LogP contribution in [0.25, 0.3) is 0 Å². The van der Waals surface area contributed by atoms with E-state index < -0.39 is 5.91 Å². The monoisotopic (exact) mass is 367 g/mol. The summed E-state index contributed by atoms with van der Waals surface area (Å²) in [6, 6.07) is 10.8. The summed E-state index contributed by atoms with van der Waals surface area (Å²) in [4.78, 5) is 2.30. The number of nitrogens with zero attached hydrogens (tertiary/aromatic N) is 1. The van der Waals surface area contributed by atoms with Crippen LogP contribution in [-0.2, 0) is 9.47 Å². The van der Waals surface area contributed by atoms with Crippen LogP contribution < -0.4 is 0 Å². The van der Waals surface area contributed by atoms with Crippen molar-refractivity contribution in [1.29, 1.82) is 0 Å². The van der Waals surface area contributed by atoms with E-state index in [2.05, 4.69) is 72.9 Å². The molecule has 122 valence electrons. The van der Waals surface area contributed by atoms with E-state index in [0.717, 1.165) is 11.8 Å². The van der Waals surface area contributed by atoms with E-state index in [-0.39, 0.29) is 18.2 Å². The highest BCUT2D eigenvalue weighted by atomic mass is 79.9. The van der Waals surface area contributed by atoms with Crippen molar-refractivity contribution in [3.8, 4) is 0 Å². The summed E-state index contributed by atoms with van der Waals surface area (Å²) in [6.45, 7) is 6.77. The lowest BCUT2D eigenvalue weighted by Gasteiger charge is -2.38. The summed E-state index contributed by atoms with van der Waals surface area (Å²) in [5.41, 5.74) is 1.23. The molecule has 0 radical (unpaired) electrons. The first-order chi connectivity index (χ1) is 10.5. The van der Waals surface area contributed by atoms with Crippen LogP contribution in [-0.4, -0.2) is 35.3 Å². The van der Waals surface area contributed by atoms with Gasteiger partial charge in [-0.1, -0.05) is 60.1 Å². The Balaban J connectivity index is 1.93. The van der Waals surface area contributed by atoms with Crippen molar-refractivity contribution in [1.82, 2.24) is 4.90 Å². The Morgan fingerprint density at radius 2 is 1.95 bits per heavy atom.